The van der Waals surface area contributed by atoms with Crippen LogP contribution in [0.3, 0.4) is 0 Å². The Labute approximate surface area is 453 Å². The van der Waals surface area contributed by atoms with Crippen LogP contribution in [0.15, 0.2) is 48.5 Å². The van der Waals surface area contributed by atoms with Crippen LogP contribution in [0.25, 0.3) is 0 Å². The van der Waals surface area contributed by atoms with E-state index in [9.17, 15) is 30.0 Å². The molecule has 411 valence electrons. The van der Waals surface area contributed by atoms with Crippen LogP contribution in [0, 0.1) is 5.41 Å². The van der Waals surface area contributed by atoms with Crippen molar-refractivity contribution in [3.63, 3.8) is 0 Å². The lowest BCUT2D eigenvalue weighted by atomic mass is 9.84. The molecule has 13 heteroatoms. The molecule has 0 aliphatic carbocycles. The van der Waals surface area contributed by atoms with Gasteiger partial charge in [-0.2, -0.15) is 0 Å². The highest BCUT2D eigenvalue weighted by Crippen LogP contribution is 2.37. The summed E-state index contributed by atoms with van der Waals surface area (Å²) in [5.74, 6) is 0.997. The molecule has 12 nitrogen and oxygen atoms in total. The fourth-order valence-electron chi connectivity index (χ4n) is 9.93. The topological polar surface area (TPSA) is 152 Å². The Bertz CT molecular complexity index is 2390. The van der Waals surface area contributed by atoms with Gasteiger partial charge < -0.3 is 31.1 Å². The van der Waals surface area contributed by atoms with E-state index in [-0.39, 0.29) is 54.4 Å². The number of nitrogens with one attached hydrogen (secondary N) is 2. The van der Waals surface area contributed by atoms with Crippen molar-refractivity contribution in [3.8, 4) is 23.0 Å². The second-order valence-corrected chi connectivity index (χ2v) is 26.1. The van der Waals surface area contributed by atoms with Crippen molar-refractivity contribution in [2.75, 3.05) is 65.4 Å². The van der Waals surface area contributed by atoms with Crippen LogP contribution < -0.4 is 10.6 Å². The van der Waals surface area contributed by atoms with Crippen LogP contribution in [0.5, 0.6) is 23.0 Å². The Balaban J connectivity index is 0.000000319. The summed E-state index contributed by atoms with van der Waals surface area (Å²) in [5, 5.41) is 51.1. The van der Waals surface area contributed by atoms with Gasteiger partial charge >= 0.3 is 0 Å². The van der Waals surface area contributed by atoms with E-state index in [0.717, 1.165) is 136 Å². The molecule has 75 heavy (non-hydrogen) atoms. The lowest BCUT2D eigenvalue weighted by Crippen LogP contribution is -2.45. The Hall–Kier alpha value is -4.76. The third kappa shape index (κ3) is 16.6. The Kier molecular flexibility index (Phi) is 21.1. The van der Waals surface area contributed by atoms with Gasteiger partial charge in [-0.15, -0.1) is 0 Å². The standard InChI is InChI=1S/C33H52N4O2.C28H38N2O4.CH4.B/c1-31(2,3)27-13-23-17-34-21-33(7,8)22-35-18-24-14-28(32(4,5)6)16-26(30(24)39)20-37-11-9-36(10-12-37)19-25(15-27)29(23)38;1-27(2,3)23-11-19(25(33)21(13-23)17-31)15-29-7-9-30(10-8-29)16-20-12-24(28(4,5)6)14-22(18-32)26(20)34;;/h13-16,34-35,38-39H,9-12,17-22H2,1-8H3;11-14,17-18,33-34H,7-10,15-16H2,1-6H3;1H4;. The van der Waals surface area contributed by atoms with E-state index in [1.807, 2.05) is 12.1 Å². The fraction of sp³-hybridized carbons (Fsp3) is 0.581. The Morgan fingerprint density at radius 3 is 1.05 bits per heavy atom. The molecule has 4 aromatic carbocycles. The maximum absolute atomic E-state index is 11.5. The number of benzene rings is 4. The average Bonchev–Trinajstić information content (AvgIpc) is 3.29. The van der Waals surface area contributed by atoms with Crippen molar-refractivity contribution in [2.45, 2.75) is 165 Å². The van der Waals surface area contributed by atoms with Crippen molar-refractivity contribution >= 4 is 21.0 Å². The van der Waals surface area contributed by atoms with Crippen LogP contribution in [-0.4, -0.2) is 126 Å². The largest absolute Gasteiger partial charge is 0.507 e. The van der Waals surface area contributed by atoms with Crippen molar-refractivity contribution in [1.29, 1.82) is 0 Å². The summed E-state index contributed by atoms with van der Waals surface area (Å²) in [6.07, 6.45) is 1.44. The molecule has 0 unspecified atom stereocenters. The highest BCUT2D eigenvalue weighted by atomic mass is 16.3. The lowest BCUT2D eigenvalue weighted by Gasteiger charge is -2.35. The molecule has 0 atom stereocenters. The Morgan fingerprint density at radius 2 is 0.760 bits per heavy atom. The van der Waals surface area contributed by atoms with Crippen LogP contribution in [0.4, 0.5) is 0 Å². The van der Waals surface area contributed by atoms with Gasteiger partial charge in [0.1, 0.15) is 23.0 Å². The van der Waals surface area contributed by atoms with E-state index >= 15 is 0 Å². The normalized spacial score (nSPS) is 19.2. The first-order chi connectivity index (χ1) is 33.9. The zero-order valence-electron chi connectivity index (χ0n) is 47.6. The van der Waals surface area contributed by atoms with Crippen molar-refractivity contribution < 1.29 is 30.0 Å². The summed E-state index contributed by atoms with van der Waals surface area (Å²) in [4.78, 5) is 32.5. The highest BCUT2D eigenvalue weighted by Gasteiger charge is 2.28. The molecule has 0 aromatic heterocycles. The van der Waals surface area contributed by atoms with E-state index in [1.165, 1.54) is 11.1 Å². The third-order valence-corrected chi connectivity index (χ3v) is 15.0. The minimum Gasteiger partial charge on any atom is -0.507 e. The predicted octanol–water partition coefficient (Wildman–Crippen LogP) is 10.1. The minimum atomic E-state index is -0.122. The second-order valence-electron chi connectivity index (χ2n) is 26.1. The smallest absolute Gasteiger partial charge is 0.153 e. The number of fused-ring (bicyclic) bond motifs is 8. The molecule has 8 rings (SSSR count). The molecule has 0 saturated carbocycles. The number of phenols is 4. The molecule has 6 bridgehead atoms. The van der Waals surface area contributed by atoms with E-state index in [2.05, 4.69) is 151 Å². The van der Waals surface area contributed by atoms with Crippen LogP contribution >= 0.6 is 0 Å². The maximum atomic E-state index is 11.5. The summed E-state index contributed by atoms with van der Waals surface area (Å²) in [7, 11) is 0. The van der Waals surface area contributed by atoms with E-state index in [1.54, 1.807) is 12.1 Å². The van der Waals surface area contributed by atoms with Gasteiger partial charge in [0.25, 0.3) is 0 Å². The van der Waals surface area contributed by atoms with Crippen molar-refractivity contribution in [1.82, 2.24) is 30.2 Å². The first-order valence-electron chi connectivity index (χ1n) is 26.6. The molecule has 3 radical (unpaired) electrons. The number of hydrogen-bond acceptors (Lipinski definition) is 12. The first-order valence-corrected chi connectivity index (χ1v) is 26.6. The van der Waals surface area contributed by atoms with E-state index in [4.69, 9.17) is 0 Å². The Morgan fingerprint density at radius 1 is 0.467 bits per heavy atom. The van der Waals surface area contributed by atoms with Gasteiger partial charge in [0, 0.05) is 147 Å². The quantitative estimate of drug-likeness (QED) is 0.0806. The minimum absolute atomic E-state index is 0. The van der Waals surface area contributed by atoms with Gasteiger partial charge in [0.2, 0.25) is 0 Å². The summed E-state index contributed by atoms with van der Waals surface area (Å²) in [6, 6.07) is 16.3. The zero-order chi connectivity index (χ0) is 53.8. The number of aromatic hydroxyl groups is 4. The number of carbonyl (C=O) groups is 2. The van der Waals surface area contributed by atoms with Gasteiger partial charge in [0.05, 0.1) is 11.1 Å². The average molecular weight is 1030 g/mol. The molecule has 0 amide bonds. The van der Waals surface area contributed by atoms with Gasteiger partial charge in [-0.05, 0) is 61.5 Å². The molecule has 6 N–H and O–H groups in total. The van der Waals surface area contributed by atoms with E-state index in [0.29, 0.717) is 48.8 Å². The number of piperazine rings is 2. The lowest BCUT2D eigenvalue weighted by molar-refractivity contribution is 0.110. The zero-order valence-corrected chi connectivity index (χ0v) is 47.6. The summed E-state index contributed by atoms with van der Waals surface area (Å²) in [5.41, 5.74) is 10.6. The van der Waals surface area contributed by atoms with Gasteiger partial charge in [-0.1, -0.05) is 141 Å². The van der Waals surface area contributed by atoms with Gasteiger partial charge in [-0.3, -0.25) is 29.2 Å². The molecule has 4 aliphatic heterocycles. The molecular weight excluding hydrogens is 936 g/mol. The second kappa shape index (κ2) is 25.1. The summed E-state index contributed by atoms with van der Waals surface area (Å²) in [6.45, 7) is 43.0. The highest BCUT2D eigenvalue weighted by molar-refractivity contribution is 5.81. The third-order valence-electron chi connectivity index (χ3n) is 15.0. The number of hydrogen-bond donors (Lipinski definition) is 6. The number of nitrogens with zero attached hydrogens (tertiary/aromatic N) is 4. The molecule has 0 spiro atoms. The number of aldehydes is 2. The van der Waals surface area contributed by atoms with Gasteiger partial charge in [-0.25, -0.2) is 0 Å². The molecule has 2 saturated heterocycles. The van der Waals surface area contributed by atoms with E-state index < -0.39 is 0 Å². The summed E-state index contributed by atoms with van der Waals surface area (Å²) < 4.78 is 0. The first kappa shape index (κ1) is 62.8. The number of carbonyl (C=O) groups excluding carboxylic acids is 2. The number of phenolic OH excluding ortho intramolecular Hbond substituents is 4. The van der Waals surface area contributed by atoms with Crippen LogP contribution in [0.1, 0.15) is 181 Å². The maximum Gasteiger partial charge on any atom is 0.153 e. The molecule has 4 heterocycles. The molecule has 2 fully saturated rings. The van der Waals surface area contributed by atoms with Crippen molar-refractivity contribution in [2.24, 2.45) is 5.41 Å². The van der Waals surface area contributed by atoms with Crippen LogP contribution in [0.2, 0.25) is 0 Å². The molecule has 4 aliphatic rings. The molecular formula is C62H94BN6O6. The van der Waals surface area contributed by atoms with Gasteiger partial charge in [0.15, 0.2) is 12.6 Å². The van der Waals surface area contributed by atoms with Crippen LogP contribution in [-0.2, 0) is 60.9 Å². The van der Waals surface area contributed by atoms with Crippen molar-refractivity contribution in [3.05, 3.63) is 115 Å². The summed E-state index contributed by atoms with van der Waals surface area (Å²) >= 11 is 0. The monoisotopic (exact) mass is 1030 g/mol. The fourth-order valence-corrected chi connectivity index (χ4v) is 9.93. The number of rotatable bonds is 6. The predicted molar refractivity (Wildman–Crippen MR) is 309 cm³/mol. The SMILES string of the molecule is C.CC(C)(C)c1cc(C=O)c(O)c(CN2CCN(Cc3cc(C(C)(C)C)cc(C=O)c3O)CC2)c1.CC1(C)CNCc2cc(C(C)(C)C)cc(c2O)CN2CCN(CC2)Cc2cc(C(C)(C)C)cc(c2O)CNC1.[B]. The molecule has 4 aromatic rings.